The van der Waals surface area contributed by atoms with Gasteiger partial charge in [0.05, 0.1) is 26.4 Å². The number of benzene rings is 3. The molecule has 0 aromatic heterocycles. The molecule has 2 N–H and O–H groups in total. The molecule has 272 valence electrons. The fourth-order valence-electron chi connectivity index (χ4n) is 5.86. The summed E-state index contributed by atoms with van der Waals surface area (Å²) >= 11 is 0. The molecule has 1 fully saturated rings. The molecular formula is C40H54N2O8. The van der Waals surface area contributed by atoms with E-state index in [1.807, 2.05) is 105 Å². The molecule has 6 atom stereocenters. The topological polar surface area (TPSA) is 116 Å². The molecule has 3 aromatic rings. The minimum absolute atomic E-state index is 0.147. The molecule has 2 amide bonds. The second-order valence-electron chi connectivity index (χ2n) is 13.8. The van der Waals surface area contributed by atoms with Crippen molar-refractivity contribution < 1.29 is 38.4 Å². The second-order valence-corrected chi connectivity index (χ2v) is 13.8. The smallest absolute Gasteiger partial charge is 0.407 e. The zero-order valence-electron chi connectivity index (χ0n) is 30.0. The molecule has 0 saturated carbocycles. The third-order valence-corrected chi connectivity index (χ3v) is 8.25. The van der Waals surface area contributed by atoms with E-state index in [4.69, 9.17) is 23.7 Å². The average Bonchev–Trinajstić information content (AvgIpc) is 3.11. The van der Waals surface area contributed by atoms with E-state index >= 15 is 0 Å². The molecule has 3 aromatic carbocycles. The number of rotatable bonds is 17. The minimum Gasteiger partial charge on any atom is -0.444 e. The summed E-state index contributed by atoms with van der Waals surface area (Å²) < 4.78 is 31.9. The Labute approximate surface area is 297 Å². The van der Waals surface area contributed by atoms with E-state index in [0.29, 0.717) is 13.0 Å². The van der Waals surface area contributed by atoms with Crippen molar-refractivity contribution in [2.45, 2.75) is 104 Å². The van der Waals surface area contributed by atoms with Crippen LogP contribution >= 0.6 is 0 Å². The number of carbonyl (C=O) groups is 2. The Kier molecular flexibility index (Phi) is 15.2. The quantitative estimate of drug-likeness (QED) is 0.171. The van der Waals surface area contributed by atoms with Crippen molar-refractivity contribution in [1.82, 2.24) is 10.2 Å². The van der Waals surface area contributed by atoms with Crippen molar-refractivity contribution in [2.24, 2.45) is 5.92 Å². The SMILES string of the molecule is CCCN(C(=O)CC(C)CNC(=O)OC(C)(C)C)C1OC(CO)C(OCc2ccccc2)C(OCc2ccccc2)C1OCc1ccccc1. The van der Waals surface area contributed by atoms with Gasteiger partial charge in [-0.05, 0) is 49.8 Å². The highest BCUT2D eigenvalue weighted by Crippen LogP contribution is 2.33. The van der Waals surface area contributed by atoms with Crippen LogP contribution < -0.4 is 5.32 Å². The molecule has 4 rings (SSSR count). The van der Waals surface area contributed by atoms with Gasteiger partial charge < -0.3 is 39.0 Å². The van der Waals surface area contributed by atoms with Gasteiger partial charge in [0, 0.05) is 19.5 Å². The van der Waals surface area contributed by atoms with Gasteiger partial charge in [-0.25, -0.2) is 4.79 Å². The Bertz CT molecular complexity index is 1420. The summed E-state index contributed by atoms with van der Waals surface area (Å²) in [7, 11) is 0. The molecule has 10 heteroatoms. The van der Waals surface area contributed by atoms with Crippen LogP contribution in [0.25, 0.3) is 0 Å². The van der Waals surface area contributed by atoms with E-state index in [0.717, 1.165) is 16.7 Å². The van der Waals surface area contributed by atoms with Gasteiger partial charge in [-0.3, -0.25) is 4.79 Å². The van der Waals surface area contributed by atoms with E-state index in [-0.39, 0.29) is 51.2 Å². The van der Waals surface area contributed by atoms with Crippen LogP contribution in [0.2, 0.25) is 0 Å². The maximum Gasteiger partial charge on any atom is 0.407 e. The number of ether oxygens (including phenoxy) is 5. The van der Waals surface area contributed by atoms with Gasteiger partial charge in [0.15, 0.2) is 6.23 Å². The van der Waals surface area contributed by atoms with Crippen molar-refractivity contribution in [3.8, 4) is 0 Å². The van der Waals surface area contributed by atoms with Crippen LogP contribution in [-0.4, -0.2) is 77.9 Å². The fraction of sp³-hybridized carbons (Fsp3) is 0.500. The van der Waals surface area contributed by atoms with Gasteiger partial charge in [0.25, 0.3) is 0 Å². The first-order valence-electron chi connectivity index (χ1n) is 17.6. The summed E-state index contributed by atoms with van der Waals surface area (Å²) in [5, 5.41) is 13.5. The van der Waals surface area contributed by atoms with Gasteiger partial charge in [0.1, 0.15) is 30.0 Å². The molecular weight excluding hydrogens is 636 g/mol. The number of alkyl carbamates (subject to hydrolysis) is 1. The zero-order chi connectivity index (χ0) is 35.9. The molecule has 0 spiro atoms. The fourth-order valence-corrected chi connectivity index (χ4v) is 5.86. The van der Waals surface area contributed by atoms with Gasteiger partial charge >= 0.3 is 6.09 Å². The van der Waals surface area contributed by atoms with Gasteiger partial charge in [-0.1, -0.05) is 105 Å². The molecule has 0 aliphatic carbocycles. The summed E-state index contributed by atoms with van der Waals surface area (Å²) in [5.74, 6) is -0.354. The molecule has 1 saturated heterocycles. The normalized spacial score (nSPS) is 21.3. The van der Waals surface area contributed by atoms with Crippen molar-refractivity contribution in [3.63, 3.8) is 0 Å². The molecule has 10 nitrogen and oxygen atoms in total. The number of nitrogens with zero attached hydrogens (tertiary/aromatic N) is 1. The third kappa shape index (κ3) is 12.2. The average molecular weight is 691 g/mol. The summed E-state index contributed by atoms with van der Waals surface area (Å²) in [6, 6.07) is 29.4. The molecule has 1 aliphatic heterocycles. The van der Waals surface area contributed by atoms with Crippen LogP contribution in [0.1, 0.15) is 64.2 Å². The number of aliphatic hydroxyl groups excluding tert-OH is 1. The lowest BCUT2D eigenvalue weighted by Crippen LogP contribution is -2.66. The van der Waals surface area contributed by atoms with E-state index in [9.17, 15) is 14.7 Å². The lowest BCUT2D eigenvalue weighted by Gasteiger charge is -2.49. The number of hydrogen-bond donors (Lipinski definition) is 2. The van der Waals surface area contributed by atoms with Gasteiger partial charge in [-0.15, -0.1) is 0 Å². The highest BCUT2D eigenvalue weighted by molar-refractivity contribution is 5.77. The molecule has 6 unspecified atom stereocenters. The highest BCUT2D eigenvalue weighted by Gasteiger charge is 2.51. The number of nitrogens with one attached hydrogen (secondary N) is 1. The monoisotopic (exact) mass is 690 g/mol. The zero-order valence-corrected chi connectivity index (χ0v) is 30.0. The van der Waals surface area contributed by atoms with Crippen LogP contribution in [-0.2, 0) is 48.3 Å². The lowest BCUT2D eigenvalue weighted by atomic mass is 9.95. The lowest BCUT2D eigenvalue weighted by molar-refractivity contribution is -0.294. The van der Waals surface area contributed by atoms with Crippen molar-refractivity contribution in [1.29, 1.82) is 0 Å². The van der Waals surface area contributed by atoms with E-state index < -0.39 is 42.3 Å². The van der Waals surface area contributed by atoms with Gasteiger partial charge in [0.2, 0.25) is 5.91 Å². The van der Waals surface area contributed by atoms with Crippen LogP contribution in [0.5, 0.6) is 0 Å². The van der Waals surface area contributed by atoms with Crippen molar-refractivity contribution in [2.75, 3.05) is 19.7 Å². The Morgan fingerprint density at radius 2 is 1.28 bits per heavy atom. The maximum atomic E-state index is 14.1. The van der Waals surface area contributed by atoms with E-state index in [1.54, 1.807) is 25.7 Å². The first-order chi connectivity index (χ1) is 24.1. The Morgan fingerprint density at radius 3 is 1.74 bits per heavy atom. The van der Waals surface area contributed by atoms with Crippen LogP contribution in [0.15, 0.2) is 91.0 Å². The first-order valence-corrected chi connectivity index (χ1v) is 17.6. The predicted molar refractivity (Wildman–Crippen MR) is 191 cm³/mol. The Morgan fingerprint density at radius 1 is 0.800 bits per heavy atom. The van der Waals surface area contributed by atoms with Crippen LogP contribution in [0, 0.1) is 5.92 Å². The molecule has 0 radical (unpaired) electrons. The first kappa shape index (κ1) is 39.0. The Hall–Kier alpha value is -3.80. The number of carbonyl (C=O) groups excluding carboxylic acids is 2. The standard InChI is InChI=1S/C40H54N2O8/c1-6-22-42(34(44)23-29(2)24-41-39(45)50-40(3,4)5)38-37(48-28-32-20-14-9-15-21-32)36(47-27-31-18-12-8-13-19-31)35(33(25-43)49-38)46-26-30-16-10-7-11-17-30/h7-21,29,33,35-38,43H,6,22-28H2,1-5H3,(H,41,45). The highest BCUT2D eigenvalue weighted by atomic mass is 16.6. The van der Waals surface area contributed by atoms with E-state index in [2.05, 4.69) is 5.32 Å². The van der Waals surface area contributed by atoms with Crippen LogP contribution in [0.4, 0.5) is 4.79 Å². The Balaban J connectivity index is 1.63. The number of hydrogen-bond acceptors (Lipinski definition) is 8. The molecule has 0 bridgehead atoms. The largest absolute Gasteiger partial charge is 0.444 e. The van der Waals surface area contributed by atoms with Crippen molar-refractivity contribution in [3.05, 3.63) is 108 Å². The minimum atomic E-state index is -0.883. The predicted octanol–water partition coefficient (Wildman–Crippen LogP) is 6.25. The number of amides is 2. The summed E-state index contributed by atoms with van der Waals surface area (Å²) in [5.41, 5.74) is 2.26. The van der Waals surface area contributed by atoms with E-state index in [1.165, 1.54) is 0 Å². The molecule has 50 heavy (non-hydrogen) atoms. The van der Waals surface area contributed by atoms with Crippen LogP contribution in [0.3, 0.4) is 0 Å². The number of aliphatic hydroxyl groups is 1. The summed E-state index contributed by atoms with van der Waals surface area (Å²) in [4.78, 5) is 28.1. The summed E-state index contributed by atoms with van der Waals surface area (Å²) in [6.07, 6.45) is -3.60. The third-order valence-electron chi connectivity index (χ3n) is 8.25. The summed E-state index contributed by atoms with van der Waals surface area (Å²) in [6.45, 7) is 10.4. The second kappa shape index (κ2) is 19.6. The molecule has 1 aliphatic rings. The van der Waals surface area contributed by atoms with Gasteiger partial charge in [-0.2, -0.15) is 0 Å². The molecule has 1 heterocycles. The maximum absolute atomic E-state index is 14.1. The van der Waals surface area contributed by atoms with Crippen molar-refractivity contribution >= 4 is 12.0 Å².